The Kier molecular flexibility index (Phi) is 3.64. The average molecular weight is 375 g/mol. The normalized spacial score (nSPS) is 29.2. The van der Waals surface area contributed by atoms with Crippen LogP contribution in [0.1, 0.15) is 51.5 Å². The number of ether oxygens (including phenoxy) is 1. The standard InChI is InChI=1S/C23H25N3O2/c1-21(2)11-15(5-8-28-21)20(27)26-19-10-17-9-18(4-3-16(17)12-25-19)23(14-24)13-22(23)6-7-22/h3-4,9-10,12,15H,5-8,11,13H2,1-2H3,(H,25,26,27)/t15-,23+/m1/s1. The zero-order valence-electron chi connectivity index (χ0n) is 16.4. The largest absolute Gasteiger partial charge is 0.376 e. The van der Waals surface area contributed by atoms with Crippen molar-refractivity contribution in [2.75, 3.05) is 11.9 Å². The summed E-state index contributed by atoms with van der Waals surface area (Å²) in [5.41, 5.74) is 0.784. The lowest BCUT2D eigenvalue weighted by atomic mass is 9.88. The first kappa shape index (κ1) is 17.6. The van der Waals surface area contributed by atoms with Gasteiger partial charge in [0.05, 0.1) is 17.1 Å². The number of carbonyl (C=O) groups is 1. The Bertz CT molecular complexity index is 1020. The molecule has 1 aromatic heterocycles. The molecule has 28 heavy (non-hydrogen) atoms. The van der Waals surface area contributed by atoms with E-state index >= 15 is 0 Å². The third-order valence-corrected chi connectivity index (χ3v) is 6.96. The van der Waals surface area contributed by atoms with E-state index in [0.29, 0.717) is 18.8 Å². The summed E-state index contributed by atoms with van der Waals surface area (Å²) in [5.74, 6) is 0.518. The Morgan fingerprint density at radius 3 is 2.79 bits per heavy atom. The van der Waals surface area contributed by atoms with Gasteiger partial charge in [0.25, 0.3) is 0 Å². The van der Waals surface area contributed by atoms with Crippen molar-refractivity contribution in [3.05, 3.63) is 36.0 Å². The third kappa shape index (κ3) is 2.70. The number of amides is 1. The second-order valence-corrected chi connectivity index (χ2v) is 9.39. The van der Waals surface area contributed by atoms with Crippen LogP contribution in [0.3, 0.4) is 0 Å². The topological polar surface area (TPSA) is 75.0 Å². The minimum Gasteiger partial charge on any atom is -0.376 e. The number of hydrogen-bond acceptors (Lipinski definition) is 4. The summed E-state index contributed by atoms with van der Waals surface area (Å²) in [5, 5.41) is 14.8. The van der Waals surface area contributed by atoms with Crippen molar-refractivity contribution in [2.45, 2.75) is 57.0 Å². The number of benzene rings is 1. The zero-order valence-corrected chi connectivity index (χ0v) is 16.4. The maximum Gasteiger partial charge on any atom is 0.228 e. The molecule has 1 aromatic carbocycles. The lowest BCUT2D eigenvalue weighted by Gasteiger charge is -2.34. The van der Waals surface area contributed by atoms with Gasteiger partial charge in [-0.15, -0.1) is 0 Å². The molecule has 1 amide bonds. The quantitative estimate of drug-likeness (QED) is 0.867. The first-order valence-corrected chi connectivity index (χ1v) is 10.1. The second-order valence-electron chi connectivity index (χ2n) is 9.39. The van der Waals surface area contributed by atoms with E-state index in [2.05, 4.69) is 28.5 Å². The van der Waals surface area contributed by atoms with Crippen LogP contribution in [0.2, 0.25) is 0 Å². The monoisotopic (exact) mass is 375 g/mol. The molecule has 0 bridgehead atoms. The molecule has 5 heteroatoms. The lowest BCUT2D eigenvalue weighted by Crippen LogP contribution is -2.39. The first-order valence-electron chi connectivity index (χ1n) is 10.1. The number of anilines is 1. The molecule has 2 aromatic rings. The predicted octanol–water partition coefficient (Wildman–Crippen LogP) is 4.32. The Morgan fingerprint density at radius 1 is 1.29 bits per heavy atom. The molecular weight excluding hydrogens is 350 g/mol. The van der Waals surface area contributed by atoms with Crippen LogP contribution < -0.4 is 5.32 Å². The smallest absolute Gasteiger partial charge is 0.228 e. The van der Waals surface area contributed by atoms with Crippen molar-refractivity contribution in [1.29, 1.82) is 5.26 Å². The third-order valence-electron chi connectivity index (χ3n) is 6.96. The van der Waals surface area contributed by atoms with Crippen LogP contribution in [-0.4, -0.2) is 23.1 Å². The predicted molar refractivity (Wildman–Crippen MR) is 107 cm³/mol. The van der Waals surface area contributed by atoms with Gasteiger partial charge in [-0.05, 0) is 74.4 Å². The van der Waals surface area contributed by atoms with Gasteiger partial charge in [-0.2, -0.15) is 5.26 Å². The second kappa shape index (κ2) is 5.78. The van der Waals surface area contributed by atoms with Gasteiger partial charge in [0, 0.05) is 24.1 Å². The molecule has 1 saturated heterocycles. The molecule has 3 aliphatic rings. The Balaban J connectivity index is 1.39. The highest BCUT2D eigenvalue weighted by Crippen LogP contribution is 2.78. The summed E-state index contributed by atoms with van der Waals surface area (Å²) in [6.45, 7) is 4.66. The van der Waals surface area contributed by atoms with Gasteiger partial charge in [-0.25, -0.2) is 4.98 Å². The summed E-state index contributed by atoms with van der Waals surface area (Å²) in [4.78, 5) is 17.1. The maximum atomic E-state index is 12.7. The number of rotatable bonds is 3. The number of fused-ring (bicyclic) bond motifs is 1. The van der Waals surface area contributed by atoms with Crippen LogP contribution in [-0.2, 0) is 14.9 Å². The molecule has 5 nitrogen and oxygen atoms in total. The molecule has 2 saturated carbocycles. The van der Waals surface area contributed by atoms with Crippen molar-refractivity contribution >= 4 is 22.5 Å². The number of nitrogens with zero attached hydrogens (tertiary/aromatic N) is 2. The Morgan fingerprint density at radius 2 is 2.11 bits per heavy atom. The van der Waals surface area contributed by atoms with Gasteiger partial charge in [0.2, 0.25) is 5.91 Å². The summed E-state index contributed by atoms with van der Waals surface area (Å²) in [7, 11) is 0. The molecule has 144 valence electrons. The van der Waals surface area contributed by atoms with Gasteiger partial charge >= 0.3 is 0 Å². The van der Waals surface area contributed by atoms with Crippen molar-refractivity contribution in [2.24, 2.45) is 11.3 Å². The van der Waals surface area contributed by atoms with E-state index in [1.165, 1.54) is 0 Å². The van der Waals surface area contributed by atoms with Crippen LogP contribution in [0.15, 0.2) is 30.5 Å². The number of nitrogens with one attached hydrogen (secondary N) is 1. The van der Waals surface area contributed by atoms with E-state index in [1.807, 2.05) is 26.0 Å². The van der Waals surface area contributed by atoms with Crippen LogP contribution in [0, 0.1) is 22.7 Å². The molecule has 2 aliphatic carbocycles. The van der Waals surface area contributed by atoms with Crippen LogP contribution in [0.5, 0.6) is 0 Å². The van der Waals surface area contributed by atoms with Crippen molar-refractivity contribution in [1.82, 2.24) is 4.98 Å². The van der Waals surface area contributed by atoms with E-state index in [-0.39, 0.29) is 28.3 Å². The molecule has 2 heterocycles. The molecule has 5 rings (SSSR count). The zero-order chi connectivity index (χ0) is 19.6. The van der Waals surface area contributed by atoms with Crippen LogP contribution >= 0.6 is 0 Å². The van der Waals surface area contributed by atoms with Gasteiger partial charge < -0.3 is 10.1 Å². The highest BCUT2D eigenvalue weighted by atomic mass is 16.5. The average Bonchev–Trinajstić information content (AvgIpc) is 3.58. The summed E-state index contributed by atoms with van der Waals surface area (Å²) in [6.07, 6.45) is 6.55. The molecule has 2 atom stereocenters. The molecule has 1 aliphatic heterocycles. The Labute approximate surface area is 165 Å². The van der Waals surface area contributed by atoms with Crippen molar-refractivity contribution in [3.63, 3.8) is 0 Å². The maximum absolute atomic E-state index is 12.7. The molecule has 0 unspecified atom stereocenters. The van der Waals surface area contributed by atoms with Crippen LogP contribution in [0.4, 0.5) is 5.82 Å². The fraction of sp³-hybridized carbons (Fsp3) is 0.522. The summed E-state index contributed by atoms with van der Waals surface area (Å²) < 4.78 is 5.72. The number of carbonyl (C=O) groups excluding carboxylic acids is 1. The van der Waals surface area contributed by atoms with E-state index < -0.39 is 0 Å². The molecule has 1 N–H and O–H groups in total. The Hall–Kier alpha value is -2.45. The van der Waals surface area contributed by atoms with E-state index in [0.717, 1.165) is 42.0 Å². The van der Waals surface area contributed by atoms with E-state index in [1.54, 1.807) is 6.20 Å². The number of nitriles is 1. The highest BCUT2D eigenvalue weighted by molar-refractivity contribution is 5.94. The summed E-state index contributed by atoms with van der Waals surface area (Å²) >= 11 is 0. The molecule has 3 fully saturated rings. The fourth-order valence-electron chi connectivity index (χ4n) is 5.01. The SMILES string of the molecule is CC1(C)C[C@H](C(=O)Nc2cc3cc([C@@]4(C#N)CC45CC5)ccc3cn2)CCO1. The fourth-order valence-corrected chi connectivity index (χ4v) is 5.01. The minimum absolute atomic E-state index is 0.00648. The van der Waals surface area contributed by atoms with Crippen LogP contribution in [0.25, 0.3) is 10.8 Å². The minimum atomic E-state index is -0.304. The van der Waals surface area contributed by atoms with Crippen molar-refractivity contribution in [3.8, 4) is 6.07 Å². The van der Waals surface area contributed by atoms with Crippen molar-refractivity contribution < 1.29 is 9.53 Å². The lowest BCUT2D eigenvalue weighted by molar-refractivity contribution is -0.130. The summed E-state index contributed by atoms with van der Waals surface area (Å²) in [6, 6.07) is 10.7. The molecular formula is C23H25N3O2. The number of pyridine rings is 1. The van der Waals surface area contributed by atoms with Gasteiger partial charge in [-0.1, -0.05) is 12.1 Å². The molecule has 1 spiro atoms. The number of hydrogen-bond donors (Lipinski definition) is 1. The highest BCUT2D eigenvalue weighted by Gasteiger charge is 2.75. The van der Waals surface area contributed by atoms with E-state index in [4.69, 9.17) is 4.74 Å². The molecule has 0 radical (unpaired) electrons. The first-order chi connectivity index (χ1) is 13.4. The van der Waals surface area contributed by atoms with Gasteiger partial charge in [-0.3, -0.25) is 4.79 Å². The van der Waals surface area contributed by atoms with Gasteiger partial charge in [0.1, 0.15) is 5.82 Å². The van der Waals surface area contributed by atoms with E-state index in [9.17, 15) is 10.1 Å². The number of aromatic nitrogens is 1. The van der Waals surface area contributed by atoms with Gasteiger partial charge in [0.15, 0.2) is 0 Å².